The first-order valence-corrected chi connectivity index (χ1v) is 6.33. The summed E-state index contributed by atoms with van der Waals surface area (Å²) in [7, 11) is 0. The van der Waals surface area contributed by atoms with Crippen LogP contribution < -0.4 is 0 Å². The van der Waals surface area contributed by atoms with E-state index in [4.69, 9.17) is 0 Å². The molecule has 1 atom stereocenters. The predicted molar refractivity (Wildman–Crippen MR) is 70.0 cm³/mol. The Morgan fingerprint density at radius 2 is 2.12 bits per heavy atom. The van der Waals surface area contributed by atoms with Crippen molar-refractivity contribution in [3.63, 3.8) is 0 Å². The highest BCUT2D eigenvalue weighted by Gasteiger charge is 2.34. The maximum absolute atomic E-state index is 9.75. The van der Waals surface area contributed by atoms with E-state index in [2.05, 4.69) is 30.8 Å². The van der Waals surface area contributed by atoms with Crippen LogP contribution in [0.15, 0.2) is 43.0 Å². The average Bonchev–Trinajstić information content (AvgIpc) is 2.30. The first kappa shape index (κ1) is 12.3. The first-order valence-electron chi connectivity index (χ1n) is 6.33. The highest BCUT2D eigenvalue weighted by Crippen LogP contribution is 2.36. The van der Waals surface area contributed by atoms with E-state index in [1.54, 1.807) is 0 Å². The zero-order valence-electron chi connectivity index (χ0n) is 10.3. The molecule has 1 aromatic carbocycles. The van der Waals surface area contributed by atoms with Gasteiger partial charge in [-0.05, 0) is 36.7 Å². The van der Waals surface area contributed by atoms with Crippen LogP contribution in [0.2, 0.25) is 0 Å². The van der Waals surface area contributed by atoms with Crippen molar-refractivity contribution in [3.8, 4) is 0 Å². The fraction of sp³-hybridized carbons (Fsp3) is 0.467. The second-order valence-electron chi connectivity index (χ2n) is 5.15. The van der Waals surface area contributed by atoms with Crippen LogP contribution in [0.3, 0.4) is 0 Å². The van der Waals surface area contributed by atoms with Crippen LogP contribution in [0.1, 0.15) is 24.8 Å². The molecule has 0 aliphatic carbocycles. The summed E-state index contributed by atoms with van der Waals surface area (Å²) in [6.45, 7) is 5.42. The molecule has 1 aliphatic heterocycles. The summed E-state index contributed by atoms with van der Waals surface area (Å²) in [6, 6.07) is 10.5. The minimum atomic E-state index is 0.163. The van der Waals surface area contributed by atoms with Gasteiger partial charge in [-0.3, -0.25) is 0 Å². The van der Waals surface area contributed by atoms with Crippen molar-refractivity contribution in [3.05, 3.63) is 48.6 Å². The number of nitrogens with zero attached hydrogens (tertiary/aromatic N) is 1. The van der Waals surface area contributed by atoms with Gasteiger partial charge in [0, 0.05) is 13.1 Å². The molecule has 92 valence electrons. The molecule has 1 fully saturated rings. The lowest BCUT2D eigenvalue weighted by Crippen LogP contribution is -2.42. The van der Waals surface area contributed by atoms with Gasteiger partial charge in [0.25, 0.3) is 0 Å². The van der Waals surface area contributed by atoms with E-state index in [0.717, 1.165) is 32.4 Å². The number of hydrogen-bond donors (Lipinski definition) is 1. The number of rotatable bonds is 4. The Morgan fingerprint density at radius 1 is 1.35 bits per heavy atom. The number of benzene rings is 1. The van der Waals surface area contributed by atoms with Gasteiger partial charge >= 0.3 is 0 Å². The molecule has 1 saturated heterocycles. The fourth-order valence-corrected chi connectivity index (χ4v) is 2.90. The molecule has 0 aromatic heterocycles. The molecule has 1 unspecified atom stereocenters. The molecule has 0 spiro atoms. The lowest BCUT2D eigenvalue weighted by Gasteiger charge is -2.40. The summed E-state index contributed by atoms with van der Waals surface area (Å²) in [5.74, 6) is 0. The van der Waals surface area contributed by atoms with Gasteiger partial charge in [-0.15, -0.1) is 6.58 Å². The third-order valence-corrected chi connectivity index (χ3v) is 3.64. The van der Waals surface area contributed by atoms with E-state index in [-0.39, 0.29) is 5.41 Å². The molecule has 0 radical (unpaired) electrons. The molecule has 1 heterocycles. The van der Waals surface area contributed by atoms with Gasteiger partial charge in [-0.25, -0.2) is 0 Å². The standard InChI is InChI=1S/C15H21NO/c1-2-9-15(10-6-11-16(17)13-15)12-14-7-4-3-5-8-14/h2-5,7-8,17H,1,6,9-13H2. The summed E-state index contributed by atoms with van der Waals surface area (Å²) in [4.78, 5) is 0. The molecule has 17 heavy (non-hydrogen) atoms. The van der Waals surface area contributed by atoms with Gasteiger partial charge in [-0.2, -0.15) is 5.06 Å². The summed E-state index contributed by atoms with van der Waals surface area (Å²) in [5.41, 5.74) is 1.51. The van der Waals surface area contributed by atoms with E-state index in [1.165, 1.54) is 17.0 Å². The zero-order valence-corrected chi connectivity index (χ0v) is 10.3. The predicted octanol–water partition coefficient (Wildman–Crippen LogP) is 3.28. The Bertz CT molecular complexity index is 362. The molecular formula is C15H21NO. The largest absolute Gasteiger partial charge is 0.314 e. The van der Waals surface area contributed by atoms with Crippen LogP contribution >= 0.6 is 0 Å². The molecule has 2 rings (SSSR count). The maximum Gasteiger partial charge on any atom is 0.0300 e. The lowest BCUT2D eigenvalue weighted by atomic mass is 9.73. The van der Waals surface area contributed by atoms with Crippen LogP contribution in [-0.2, 0) is 6.42 Å². The Kier molecular flexibility index (Phi) is 3.97. The van der Waals surface area contributed by atoms with Crippen molar-refractivity contribution in [1.29, 1.82) is 0 Å². The highest BCUT2D eigenvalue weighted by molar-refractivity contribution is 5.17. The van der Waals surface area contributed by atoms with Crippen LogP contribution in [0.25, 0.3) is 0 Å². The molecule has 1 N–H and O–H groups in total. The van der Waals surface area contributed by atoms with Crippen LogP contribution in [0.4, 0.5) is 0 Å². The molecule has 0 amide bonds. The molecule has 2 heteroatoms. The topological polar surface area (TPSA) is 23.5 Å². The number of allylic oxidation sites excluding steroid dienone is 1. The molecule has 0 saturated carbocycles. The lowest BCUT2D eigenvalue weighted by molar-refractivity contribution is -0.138. The Morgan fingerprint density at radius 3 is 2.76 bits per heavy atom. The third kappa shape index (κ3) is 3.18. The number of piperidine rings is 1. The molecule has 0 bridgehead atoms. The Balaban J connectivity index is 2.13. The minimum Gasteiger partial charge on any atom is -0.314 e. The van der Waals surface area contributed by atoms with Gasteiger partial charge in [0.15, 0.2) is 0 Å². The van der Waals surface area contributed by atoms with E-state index in [1.807, 2.05) is 12.1 Å². The SMILES string of the molecule is C=CCC1(Cc2ccccc2)CCCN(O)C1. The molecule has 1 aromatic rings. The van der Waals surface area contributed by atoms with E-state index in [0.29, 0.717) is 0 Å². The average molecular weight is 231 g/mol. The first-order chi connectivity index (χ1) is 8.24. The minimum absolute atomic E-state index is 0.163. The summed E-state index contributed by atoms with van der Waals surface area (Å²) >= 11 is 0. The fourth-order valence-electron chi connectivity index (χ4n) is 2.90. The maximum atomic E-state index is 9.75. The summed E-state index contributed by atoms with van der Waals surface area (Å²) < 4.78 is 0. The highest BCUT2D eigenvalue weighted by atomic mass is 16.5. The van der Waals surface area contributed by atoms with Crippen LogP contribution in [-0.4, -0.2) is 23.4 Å². The van der Waals surface area contributed by atoms with Crippen molar-refractivity contribution in [2.45, 2.75) is 25.7 Å². The second kappa shape index (κ2) is 5.48. The van der Waals surface area contributed by atoms with Gasteiger partial charge in [0.1, 0.15) is 0 Å². The number of hydroxylamine groups is 2. The van der Waals surface area contributed by atoms with Crippen molar-refractivity contribution < 1.29 is 5.21 Å². The smallest absolute Gasteiger partial charge is 0.0300 e. The van der Waals surface area contributed by atoms with Crippen molar-refractivity contribution in [2.75, 3.05) is 13.1 Å². The van der Waals surface area contributed by atoms with Gasteiger partial charge in [0.2, 0.25) is 0 Å². The van der Waals surface area contributed by atoms with E-state index >= 15 is 0 Å². The van der Waals surface area contributed by atoms with Crippen molar-refractivity contribution in [1.82, 2.24) is 5.06 Å². The van der Waals surface area contributed by atoms with Gasteiger partial charge in [0.05, 0.1) is 0 Å². The third-order valence-electron chi connectivity index (χ3n) is 3.64. The quantitative estimate of drug-likeness (QED) is 0.804. The Labute approximate surface area is 104 Å². The van der Waals surface area contributed by atoms with E-state index in [9.17, 15) is 5.21 Å². The van der Waals surface area contributed by atoms with E-state index < -0.39 is 0 Å². The monoisotopic (exact) mass is 231 g/mol. The van der Waals surface area contributed by atoms with Crippen LogP contribution in [0, 0.1) is 5.41 Å². The summed E-state index contributed by atoms with van der Waals surface area (Å²) in [6.07, 6.45) is 6.22. The second-order valence-corrected chi connectivity index (χ2v) is 5.15. The summed E-state index contributed by atoms with van der Waals surface area (Å²) in [5, 5.41) is 11.2. The van der Waals surface area contributed by atoms with Crippen LogP contribution in [0.5, 0.6) is 0 Å². The number of hydrogen-bond acceptors (Lipinski definition) is 2. The van der Waals surface area contributed by atoms with Gasteiger partial charge < -0.3 is 5.21 Å². The van der Waals surface area contributed by atoms with Gasteiger partial charge in [-0.1, -0.05) is 36.4 Å². The Hall–Kier alpha value is -1.12. The normalized spacial score (nSPS) is 25.7. The zero-order chi connectivity index (χ0) is 12.1. The van der Waals surface area contributed by atoms with Crippen molar-refractivity contribution >= 4 is 0 Å². The van der Waals surface area contributed by atoms with Crippen molar-refractivity contribution in [2.24, 2.45) is 5.41 Å². The molecular weight excluding hydrogens is 210 g/mol. The molecule has 2 nitrogen and oxygen atoms in total. The molecule has 1 aliphatic rings.